The number of hydrogen-bond donors (Lipinski definition) is 2. The number of amides is 1. The SMILES string of the molecule is CN(CC(=O)NCC(C)(O)c1cccs1)c1ccccc1. The molecule has 1 unspecified atom stereocenters. The first-order valence-corrected chi connectivity index (χ1v) is 7.66. The molecule has 0 spiro atoms. The Morgan fingerprint density at radius 3 is 2.62 bits per heavy atom. The molecule has 112 valence electrons. The molecular formula is C16H20N2O2S. The van der Waals surface area contributed by atoms with Crippen LogP contribution in [0.5, 0.6) is 0 Å². The van der Waals surface area contributed by atoms with E-state index >= 15 is 0 Å². The monoisotopic (exact) mass is 304 g/mol. The van der Waals surface area contributed by atoms with Crippen LogP contribution < -0.4 is 10.2 Å². The van der Waals surface area contributed by atoms with E-state index in [2.05, 4.69) is 5.32 Å². The molecule has 1 amide bonds. The number of aliphatic hydroxyl groups is 1. The second-order valence-electron chi connectivity index (χ2n) is 5.22. The average molecular weight is 304 g/mol. The molecule has 0 aliphatic rings. The Morgan fingerprint density at radius 1 is 1.29 bits per heavy atom. The zero-order chi connectivity index (χ0) is 15.3. The Bertz CT molecular complexity index is 567. The van der Waals surface area contributed by atoms with Crippen LogP contribution in [-0.2, 0) is 10.4 Å². The number of para-hydroxylation sites is 1. The minimum Gasteiger partial charge on any atom is -0.383 e. The minimum atomic E-state index is -1.03. The number of carbonyl (C=O) groups excluding carboxylic acids is 1. The number of thiophene rings is 1. The van der Waals surface area contributed by atoms with E-state index in [1.54, 1.807) is 6.92 Å². The lowest BCUT2D eigenvalue weighted by Gasteiger charge is -2.24. The zero-order valence-corrected chi connectivity index (χ0v) is 13.1. The Labute approximate surface area is 129 Å². The first-order valence-electron chi connectivity index (χ1n) is 6.78. The third-order valence-electron chi connectivity index (χ3n) is 3.26. The van der Waals surface area contributed by atoms with E-state index < -0.39 is 5.60 Å². The normalized spacial score (nSPS) is 13.5. The maximum Gasteiger partial charge on any atom is 0.239 e. The molecule has 5 heteroatoms. The van der Waals surface area contributed by atoms with Crippen molar-refractivity contribution in [2.24, 2.45) is 0 Å². The fourth-order valence-electron chi connectivity index (χ4n) is 1.99. The lowest BCUT2D eigenvalue weighted by Crippen LogP contribution is -2.42. The molecule has 0 saturated carbocycles. The molecule has 0 radical (unpaired) electrons. The highest BCUT2D eigenvalue weighted by Crippen LogP contribution is 2.24. The van der Waals surface area contributed by atoms with Crippen molar-refractivity contribution in [3.05, 3.63) is 52.7 Å². The topological polar surface area (TPSA) is 52.6 Å². The van der Waals surface area contributed by atoms with Gasteiger partial charge in [0.1, 0.15) is 5.60 Å². The Kier molecular flexibility index (Phi) is 4.98. The lowest BCUT2D eigenvalue weighted by molar-refractivity contribution is -0.120. The molecule has 1 atom stereocenters. The van der Waals surface area contributed by atoms with E-state index in [4.69, 9.17) is 0 Å². The van der Waals surface area contributed by atoms with Gasteiger partial charge in [0, 0.05) is 17.6 Å². The van der Waals surface area contributed by atoms with Gasteiger partial charge in [-0.3, -0.25) is 4.79 Å². The van der Waals surface area contributed by atoms with Gasteiger partial charge in [0.15, 0.2) is 0 Å². The summed E-state index contributed by atoms with van der Waals surface area (Å²) in [6.45, 7) is 2.17. The van der Waals surface area contributed by atoms with Crippen molar-refractivity contribution in [2.45, 2.75) is 12.5 Å². The van der Waals surface area contributed by atoms with Gasteiger partial charge >= 0.3 is 0 Å². The molecule has 0 fully saturated rings. The fraction of sp³-hybridized carbons (Fsp3) is 0.312. The molecule has 2 rings (SSSR count). The summed E-state index contributed by atoms with van der Waals surface area (Å²) in [7, 11) is 1.87. The Hall–Kier alpha value is -1.85. The van der Waals surface area contributed by atoms with E-state index in [1.807, 2.05) is 59.8 Å². The van der Waals surface area contributed by atoms with Crippen LogP contribution in [0.15, 0.2) is 47.8 Å². The first kappa shape index (κ1) is 15.5. The molecule has 1 heterocycles. The van der Waals surface area contributed by atoms with Gasteiger partial charge in [-0.05, 0) is 30.5 Å². The number of rotatable bonds is 6. The van der Waals surface area contributed by atoms with Crippen molar-refractivity contribution < 1.29 is 9.90 Å². The number of nitrogens with zero attached hydrogens (tertiary/aromatic N) is 1. The quantitative estimate of drug-likeness (QED) is 0.860. The molecule has 0 saturated heterocycles. The van der Waals surface area contributed by atoms with Gasteiger partial charge in [-0.1, -0.05) is 24.3 Å². The van der Waals surface area contributed by atoms with Crippen LogP contribution in [0, 0.1) is 0 Å². The molecule has 4 nitrogen and oxygen atoms in total. The highest BCUT2D eigenvalue weighted by molar-refractivity contribution is 7.10. The van der Waals surface area contributed by atoms with Gasteiger partial charge in [-0.15, -0.1) is 11.3 Å². The summed E-state index contributed by atoms with van der Waals surface area (Å²) in [5, 5.41) is 15.1. The van der Waals surface area contributed by atoms with E-state index in [0.29, 0.717) is 0 Å². The van der Waals surface area contributed by atoms with Crippen molar-refractivity contribution in [2.75, 3.05) is 25.0 Å². The van der Waals surface area contributed by atoms with Crippen LogP contribution in [0.4, 0.5) is 5.69 Å². The average Bonchev–Trinajstić information content (AvgIpc) is 3.01. The lowest BCUT2D eigenvalue weighted by atomic mass is 10.1. The number of carbonyl (C=O) groups is 1. The number of anilines is 1. The second-order valence-corrected chi connectivity index (χ2v) is 6.17. The molecular weight excluding hydrogens is 284 g/mol. The summed E-state index contributed by atoms with van der Waals surface area (Å²) in [6.07, 6.45) is 0. The molecule has 0 aliphatic heterocycles. The maximum atomic E-state index is 12.0. The van der Waals surface area contributed by atoms with Crippen LogP contribution in [0.1, 0.15) is 11.8 Å². The molecule has 2 N–H and O–H groups in total. The van der Waals surface area contributed by atoms with E-state index in [-0.39, 0.29) is 19.0 Å². The standard InChI is InChI=1S/C16H20N2O2S/c1-16(20,14-9-6-10-21-14)12-17-15(19)11-18(2)13-7-4-3-5-8-13/h3-10,20H,11-12H2,1-2H3,(H,17,19). The predicted molar refractivity (Wildman–Crippen MR) is 86.6 cm³/mol. The highest BCUT2D eigenvalue weighted by atomic mass is 32.1. The number of likely N-dealkylation sites (N-methyl/N-ethyl adjacent to an activating group) is 1. The minimum absolute atomic E-state index is 0.113. The summed E-state index contributed by atoms with van der Waals surface area (Å²) in [6, 6.07) is 13.5. The van der Waals surface area contributed by atoms with Crippen molar-refractivity contribution >= 4 is 22.9 Å². The van der Waals surface area contributed by atoms with Crippen molar-refractivity contribution in [1.82, 2.24) is 5.32 Å². The zero-order valence-electron chi connectivity index (χ0n) is 12.2. The van der Waals surface area contributed by atoms with E-state index in [9.17, 15) is 9.90 Å². The summed E-state index contributed by atoms with van der Waals surface area (Å²) in [5.41, 5.74) is -0.0486. The fourth-order valence-corrected chi connectivity index (χ4v) is 2.77. The molecule has 0 bridgehead atoms. The second kappa shape index (κ2) is 6.74. The number of nitrogens with one attached hydrogen (secondary N) is 1. The summed E-state index contributed by atoms with van der Waals surface area (Å²) >= 11 is 1.48. The molecule has 1 aromatic carbocycles. The molecule has 1 aromatic heterocycles. The molecule has 0 aliphatic carbocycles. The van der Waals surface area contributed by atoms with Crippen molar-refractivity contribution in [1.29, 1.82) is 0 Å². The molecule has 2 aromatic rings. The smallest absolute Gasteiger partial charge is 0.239 e. The number of hydrogen-bond acceptors (Lipinski definition) is 4. The largest absolute Gasteiger partial charge is 0.383 e. The Morgan fingerprint density at radius 2 is 2.00 bits per heavy atom. The maximum absolute atomic E-state index is 12.0. The van der Waals surface area contributed by atoms with Crippen LogP contribution in [0.2, 0.25) is 0 Å². The first-order chi connectivity index (χ1) is 9.99. The van der Waals surface area contributed by atoms with E-state index in [1.165, 1.54) is 11.3 Å². The summed E-state index contributed by atoms with van der Waals surface area (Å²) in [5.74, 6) is -0.113. The number of benzene rings is 1. The molecule has 21 heavy (non-hydrogen) atoms. The van der Waals surface area contributed by atoms with Gasteiger partial charge in [0.2, 0.25) is 5.91 Å². The Balaban J connectivity index is 1.85. The van der Waals surface area contributed by atoms with Crippen molar-refractivity contribution in [3.8, 4) is 0 Å². The predicted octanol–water partition coefficient (Wildman–Crippen LogP) is 2.21. The van der Waals surface area contributed by atoms with Gasteiger partial charge < -0.3 is 15.3 Å². The van der Waals surface area contributed by atoms with Gasteiger partial charge in [-0.25, -0.2) is 0 Å². The third-order valence-corrected chi connectivity index (χ3v) is 4.38. The van der Waals surface area contributed by atoms with Gasteiger partial charge in [0.05, 0.1) is 13.1 Å². The van der Waals surface area contributed by atoms with Gasteiger partial charge in [0.25, 0.3) is 0 Å². The van der Waals surface area contributed by atoms with Crippen LogP contribution in [0.3, 0.4) is 0 Å². The van der Waals surface area contributed by atoms with Gasteiger partial charge in [-0.2, -0.15) is 0 Å². The van der Waals surface area contributed by atoms with E-state index in [0.717, 1.165) is 10.6 Å². The summed E-state index contributed by atoms with van der Waals surface area (Å²) in [4.78, 5) is 14.7. The van der Waals surface area contributed by atoms with Crippen LogP contribution >= 0.6 is 11.3 Å². The highest BCUT2D eigenvalue weighted by Gasteiger charge is 2.24. The third kappa shape index (κ3) is 4.31. The van der Waals surface area contributed by atoms with Crippen LogP contribution in [-0.4, -0.2) is 31.2 Å². The summed E-state index contributed by atoms with van der Waals surface area (Å²) < 4.78 is 0. The van der Waals surface area contributed by atoms with Crippen molar-refractivity contribution in [3.63, 3.8) is 0 Å². The van der Waals surface area contributed by atoms with Crippen LogP contribution in [0.25, 0.3) is 0 Å².